The van der Waals surface area contributed by atoms with E-state index in [1.807, 2.05) is 0 Å². The number of carbonyl (C=O) groups is 1. The van der Waals surface area contributed by atoms with E-state index in [1.54, 1.807) is 24.3 Å². The Hall–Kier alpha value is -3.13. The van der Waals surface area contributed by atoms with E-state index in [1.165, 1.54) is 24.3 Å². The molecule has 0 saturated heterocycles. The molecule has 0 atom stereocenters. The Morgan fingerprint density at radius 1 is 1.00 bits per heavy atom. The molecule has 0 saturated carbocycles. The van der Waals surface area contributed by atoms with Crippen molar-refractivity contribution >= 4 is 34.7 Å². The summed E-state index contributed by atoms with van der Waals surface area (Å²) in [6, 6.07) is 12.8. The van der Waals surface area contributed by atoms with E-state index in [4.69, 9.17) is 11.6 Å². The monoisotopic (exact) mass is 392 g/mol. The number of aromatic nitrogens is 2. The van der Waals surface area contributed by atoms with Gasteiger partial charge >= 0.3 is 6.18 Å². The number of hydrogen-bond acceptors (Lipinski definition) is 4. The van der Waals surface area contributed by atoms with Gasteiger partial charge in [-0.15, -0.1) is 0 Å². The van der Waals surface area contributed by atoms with Crippen molar-refractivity contribution in [3.8, 4) is 0 Å². The minimum Gasteiger partial charge on any atom is -0.340 e. The summed E-state index contributed by atoms with van der Waals surface area (Å²) in [4.78, 5) is 20.1. The highest BCUT2D eigenvalue weighted by Gasteiger charge is 2.33. The smallest absolute Gasteiger partial charge is 0.340 e. The molecular formula is C18H12ClF3N4O. The number of benzene rings is 2. The lowest BCUT2D eigenvalue weighted by Gasteiger charge is -2.13. The Balaban J connectivity index is 1.79. The molecule has 2 aromatic carbocycles. The lowest BCUT2D eigenvalue weighted by Crippen LogP contribution is -2.18. The Bertz CT molecular complexity index is 961. The zero-order valence-corrected chi connectivity index (χ0v) is 14.3. The van der Waals surface area contributed by atoms with Crippen LogP contribution in [0.1, 0.15) is 16.1 Å². The second-order valence-corrected chi connectivity index (χ2v) is 5.85. The Morgan fingerprint density at radius 2 is 1.70 bits per heavy atom. The fourth-order valence-corrected chi connectivity index (χ4v) is 2.38. The van der Waals surface area contributed by atoms with Gasteiger partial charge in [0.15, 0.2) is 0 Å². The molecule has 0 bridgehead atoms. The number of nitrogens with one attached hydrogen (secondary N) is 2. The van der Waals surface area contributed by atoms with Crippen LogP contribution in [0.2, 0.25) is 5.02 Å². The van der Waals surface area contributed by atoms with Crippen molar-refractivity contribution < 1.29 is 18.0 Å². The maximum absolute atomic E-state index is 13.0. The number of halogens is 4. The van der Waals surface area contributed by atoms with Crippen molar-refractivity contribution in [1.82, 2.24) is 9.97 Å². The Kier molecular flexibility index (Phi) is 5.27. The maximum Gasteiger partial charge on any atom is 0.418 e. The predicted octanol–water partition coefficient (Wildman–Crippen LogP) is 5.14. The Labute approximate surface area is 157 Å². The number of nitrogens with zero attached hydrogens (tertiary/aromatic N) is 2. The molecule has 0 radical (unpaired) electrons. The zero-order valence-electron chi connectivity index (χ0n) is 13.6. The van der Waals surface area contributed by atoms with Crippen LogP contribution in [0.25, 0.3) is 0 Å². The van der Waals surface area contributed by atoms with Gasteiger partial charge < -0.3 is 10.6 Å². The van der Waals surface area contributed by atoms with E-state index >= 15 is 0 Å². The Morgan fingerprint density at radius 3 is 2.41 bits per heavy atom. The molecule has 1 heterocycles. The van der Waals surface area contributed by atoms with Gasteiger partial charge in [-0.3, -0.25) is 4.79 Å². The van der Waals surface area contributed by atoms with Crippen LogP contribution >= 0.6 is 11.6 Å². The van der Waals surface area contributed by atoms with E-state index < -0.39 is 17.6 Å². The van der Waals surface area contributed by atoms with Gasteiger partial charge in [-0.05, 0) is 36.4 Å². The highest BCUT2D eigenvalue weighted by molar-refractivity contribution is 6.30. The second-order valence-electron chi connectivity index (χ2n) is 5.42. The van der Waals surface area contributed by atoms with Crippen molar-refractivity contribution in [3.05, 3.63) is 77.2 Å². The molecule has 3 rings (SSSR count). The van der Waals surface area contributed by atoms with Gasteiger partial charge in [0.05, 0.1) is 11.3 Å². The van der Waals surface area contributed by atoms with E-state index in [9.17, 15) is 18.0 Å². The molecule has 0 aliphatic heterocycles. The molecule has 138 valence electrons. The van der Waals surface area contributed by atoms with Gasteiger partial charge in [-0.25, -0.2) is 9.97 Å². The summed E-state index contributed by atoms with van der Waals surface area (Å²) in [7, 11) is 0. The van der Waals surface area contributed by atoms with E-state index in [2.05, 4.69) is 20.6 Å². The SMILES string of the molecule is O=C(Nc1ccccc1C(F)(F)F)c1cc(Nc2ccc(Cl)cc2)ncn1. The van der Waals surface area contributed by atoms with Crippen LogP contribution in [0.15, 0.2) is 60.9 Å². The highest BCUT2D eigenvalue weighted by atomic mass is 35.5. The van der Waals surface area contributed by atoms with Crippen LogP contribution < -0.4 is 10.6 Å². The van der Waals surface area contributed by atoms with Gasteiger partial charge in [0.25, 0.3) is 5.91 Å². The fourth-order valence-electron chi connectivity index (χ4n) is 2.26. The largest absolute Gasteiger partial charge is 0.418 e. The number of rotatable bonds is 4. The molecule has 9 heteroatoms. The summed E-state index contributed by atoms with van der Waals surface area (Å²) >= 11 is 5.82. The van der Waals surface area contributed by atoms with Crippen molar-refractivity contribution in [1.29, 1.82) is 0 Å². The van der Waals surface area contributed by atoms with Gasteiger partial charge in [-0.1, -0.05) is 23.7 Å². The van der Waals surface area contributed by atoms with E-state index in [0.29, 0.717) is 16.5 Å². The van der Waals surface area contributed by atoms with Crippen molar-refractivity contribution in [2.75, 3.05) is 10.6 Å². The third kappa shape index (κ3) is 4.73. The first kappa shape index (κ1) is 18.7. The van der Waals surface area contributed by atoms with E-state index in [0.717, 1.165) is 12.4 Å². The molecule has 0 spiro atoms. The molecule has 1 amide bonds. The predicted molar refractivity (Wildman–Crippen MR) is 96.2 cm³/mol. The van der Waals surface area contributed by atoms with Crippen molar-refractivity contribution in [2.45, 2.75) is 6.18 Å². The zero-order chi connectivity index (χ0) is 19.4. The van der Waals surface area contributed by atoms with Crippen LogP contribution in [-0.4, -0.2) is 15.9 Å². The molecular weight excluding hydrogens is 381 g/mol. The fraction of sp³-hybridized carbons (Fsp3) is 0.0556. The third-order valence-electron chi connectivity index (χ3n) is 3.50. The molecule has 0 fully saturated rings. The standard InChI is InChI=1S/C18H12ClF3N4O/c19-11-5-7-12(8-6-11)25-16-9-15(23-10-24-16)17(27)26-14-4-2-1-3-13(14)18(20,21)22/h1-10H,(H,26,27)(H,23,24,25). The van der Waals surface area contributed by atoms with Crippen molar-refractivity contribution in [2.24, 2.45) is 0 Å². The highest BCUT2D eigenvalue weighted by Crippen LogP contribution is 2.34. The lowest BCUT2D eigenvalue weighted by atomic mass is 10.1. The van der Waals surface area contributed by atoms with Crippen LogP contribution in [0.3, 0.4) is 0 Å². The number of anilines is 3. The first-order chi connectivity index (χ1) is 12.8. The molecule has 1 aromatic heterocycles. The van der Waals surface area contributed by atoms with Crippen LogP contribution in [0.4, 0.5) is 30.4 Å². The molecule has 0 unspecified atom stereocenters. The molecule has 5 nitrogen and oxygen atoms in total. The summed E-state index contributed by atoms with van der Waals surface area (Å²) in [5.74, 6) is -0.477. The van der Waals surface area contributed by atoms with Gasteiger partial charge in [0.1, 0.15) is 17.8 Å². The number of para-hydroxylation sites is 1. The van der Waals surface area contributed by atoms with Crippen LogP contribution in [0, 0.1) is 0 Å². The summed E-state index contributed by atoms with van der Waals surface area (Å²) in [5, 5.41) is 5.76. The summed E-state index contributed by atoms with van der Waals surface area (Å²) in [6.07, 6.45) is -3.44. The van der Waals surface area contributed by atoms with Gasteiger partial charge in [-0.2, -0.15) is 13.2 Å². The average Bonchev–Trinajstić information content (AvgIpc) is 2.63. The summed E-state index contributed by atoms with van der Waals surface area (Å²) in [6.45, 7) is 0. The quantitative estimate of drug-likeness (QED) is 0.644. The molecule has 0 aliphatic carbocycles. The molecule has 3 aromatic rings. The summed E-state index contributed by atoms with van der Waals surface area (Å²) < 4.78 is 39.1. The number of amides is 1. The van der Waals surface area contributed by atoms with Gasteiger partial charge in [0, 0.05) is 16.8 Å². The minimum absolute atomic E-state index is 0.0848. The van der Waals surface area contributed by atoms with Crippen molar-refractivity contribution in [3.63, 3.8) is 0 Å². The second kappa shape index (κ2) is 7.63. The van der Waals surface area contributed by atoms with Crippen LogP contribution in [-0.2, 0) is 6.18 Å². The first-order valence-electron chi connectivity index (χ1n) is 7.65. The molecule has 0 aliphatic rings. The average molecular weight is 393 g/mol. The number of alkyl halides is 3. The maximum atomic E-state index is 13.0. The normalized spacial score (nSPS) is 11.1. The molecule has 27 heavy (non-hydrogen) atoms. The van der Waals surface area contributed by atoms with E-state index in [-0.39, 0.29) is 11.4 Å². The number of carbonyl (C=O) groups excluding carboxylic acids is 1. The molecule has 2 N–H and O–H groups in total. The minimum atomic E-state index is -4.59. The number of hydrogen-bond donors (Lipinski definition) is 2. The summed E-state index contributed by atoms with van der Waals surface area (Å²) in [5.41, 5.74) is -0.696. The van der Waals surface area contributed by atoms with Crippen LogP contribution in [0.5, 0.6) is 0 Å². The first-order valence-corrected chi connectivity index (χ1v) is 8.03. The van der Waals surface area contributed by atoms with Gasteiger partial charge in [0.2, 0.25) is 0 Å². The third-order valence-corrected chi connectivity index (χ3v) is 3.75. The lowest BCUT2D eigenvalue weighted by molar-refractivity contribution is -0.136. The topological polar surface area (TPSA) is 66.9 Å².